The molecule has 4 nitrogen and oxygen atoms in total. The highest BCUT2D eigenvalue weighted by molar-refractivity contribution is 6.42. The lowest BCUT2D eigenvalue weighted by atomic mass is 10.1. The number of nitrogens with zero attached hydrogens (tertiary/aromatic N) is 2. The molecule has 0 saturated heterocycles. The topological polar surface area (TPSA) is 46.9 Å². The Hall–Kier alpha value is -1.52. The van der Waals surface area contributed by atoms with Gasteiger partial charge in [-0.25, -0.2) is 0 Å². The fourth-order valence-corrected chi connectivity index (χ4v) is 2.31. The Labute approximate surface area is 127 Å². The molecule has 1 N–H and O–H groups in total. The first-order valence-corrected chi connectivity index (χ1v) is 6.88. The highest BCUT2D eigenvalue weighted by Gasteiger charge is 2.13. The minimum atomic E-state index is -0.109. The Morgan fingerprint density at radius 1 is 1.30 bits per heavy atom. The molecule has 6 heteroatoms. The third-order valence-electron chi connectivity index (χ3n) is 3.20. The van der Waals surface area contributed by atoms with Crippen molar-refractivity contribution >= 4 is 34.8 Å². The third-order valence-corrected chi connectivity index (χ3v) is 3.94. The minimum Gasteiger partial charge on any atom is -0.326 e. The summed E-state index contributed by atoms with van der Waals surface area (Å²) in [4.78, 5) is 12.1. The number of anilines is 1. The van der Waals surface area contributed by atoms with E-state index in [4.69, 9.17) is 23.2 Å². The number of carbonyl (C=O) groups excluding carboxylic acids is 1. The van der Waals surface area contributed by atoms with E-state index in [2.05, 4.69) is 10.4 Å². The van der Waals surface area contributed by atoms with E-state index in [9.17, 15) is 4.79 Å². The molecule has 0 aliphatic heterocycles. The molecule has 0 atom stereocenters. The molecule has 106 valence electrons. The highest BCUT2D eigenvalue weighted by Crippen LogP contribution is 2.25. The molecular weight excluding hydrogens is 297 g/mol. The fraction of sp³-hybridized carbons (Fsp3) is 0.286. The van der Waals surface area contributed by atoms with Crippen LogP contribution in [-0.2, 0) is 18.3 Å². The lowest BCUT2D eigenvalue weighted by molar-refractivity contribution is -0.115. The van der Waals surface area contributed by atoms with Gasteiger partial charge >= 0.3 is 0 Å². The lowest BCUT2D eigenvalue weighted by Crippen LogP contribution is -2.15. The van der Waals surface area contributed by atoms with Gasteiger partial charge in [-0.3, -0.25) is 9.48 Å². The van der Waals surface area contributed by atoms with Gasteiger partial charge in [0.1, 0.15) is 0 Å². The Morgan fingerprint density at radius 2 is 2.00 bits per heavy atom. The zero-order chi connectivity index (χ0) is 14.9. The molecule has 1 aromatic carbocycles. The molecule has 0 fully saturated rings. The Kier molecular flexibility index (Phi) is 4.35. The maximum absolute atomic E-state index is 12.1. The van der Waals surface area contributed by atoms with Gasteiger partial charge in [0.15, 0.2) is 0 Å². The van der Waals surface area contributed by atoms with E-state index in [1.807, 2.05) is 20.9 Å². The molecule has 0 bridgehead atoms. The van der Waals surface area contributed by atoms with Crippen molar-refractivity contribution in [2.24, 2.45) is 7.05 Å². The van der Waals surface area contributed by atoms with E-state index >= 15 is 0 Å². The number of aromatic nitrogens is 2. The van der Waals surface area contributed by atoms with E-state index in [1.54, 1.807) is 22.9 Å². The standard InChI is InChI=1S/C14H15Cl2N3O/c1-8-11(9(2)19(3)18-8)7-14(20)17-10-4-5-12(15)13(16)6-10/h4-6H,7H2,1-3H3,(H,17,20). The number of amides is 1. The number of aryl methyl sites for hydroxylation is 2. The van der Waals surface area contributed by atoms with Gasteiger partial charge in [-0.2, -0.15) is 5.10 Å². The van der Waals surface area contributed by atoms with Gasteiger partial charge in [-0.15, -0.1) is 0 Å². The average Bonchev–Trinajstić information content (AvgIpc) is 2.61. The zero-order valence-electron chi connectivity index (χ0n) is 11.5. The van der Waals surface area contributed by atoms with Gasteiger partial charge in [-0.1, -0.05) is 23.2 Å². The maximum atomic E-state index is 12.1. The number of hydrogen-bond donors (Lipinski definition) is 1. The van der Waals surface area contributed by atoms with Crippen LogP contribution >= 0.6 is 23.2 Å². The number of nitrogens with one attached hydrogen (secondary N) is 1. The molecule has 2 aromatic rings. The van der Waals surface area contributed by atoms with Crippen LogP contribution in [0.5, 0.6) is 0 Å². The van der Waals surface area contributed by atoms with Crippen LogP contribution in [-0.4, -0.2) is 15.7 Å². The van der Waals surface area contributed by atoms with Gasteiger partial charge in [0, 0.05) is 24.0 Å². The Morgan fingerprint density at radius 3 is 2.55 bits per heavy atom. The molecular formula is C14H15Cl2N3O. The van der Waals surface area contributed by atoms with Gasteiger partial charge in [0.05, 0.1) is 22.2 Å². The predicted molar refractivity (Wildman–Crippen MR) is 81.5 cm³/mol. The summed E-state index contributed by atoms with van der Waals surface area (Å²) in [7, 11) is 1.86. The van der Waals surface area contributed by atoms with Gasteiger partial charge in [0.2, 0.25) is 5.91 Å². The normalized spacial score (nSPS) is 10.7. The molecule has 0 radical (unpaired) electrons. The SMILES string of the molecule is Cc1nn(C)c(C)c1CC(=O)Nc1ccc(Cl)c(Cl)c1. The first-order chi connectivity index (χ1) is 9.38. The molecule has 0 spiro atoms. The van der Waals surface area contributed by atoms with Gasteiger partial charge in [0.25, 0.3) is 0 Å². The quantitative estimate of drug-likeness (QED) is 0.942. The average molecular weight is 312 g/mol. The van der Waals surface area contributed by atoms with Gasteiger partial charge < -0.3 is 5.32 Å². The summed E-state index contributed by atoms with van der Waals surface area (Å²) in [5.41, 5.74) is 3.44. The molecule has 2 rings (SSSR count). The number of hydrogen-bond acceptors (Lipinski definition) is 2. The van der Waals surface area contributed by atoms with Crippen molar-refractivity contribution in [2.75, 3.05) is 5.32 Å². The summed E-state index contributed by atoms with van der Waals surface area (Å²) in [6.07, 6.45) is 0.283. The van der Waals surface area contributed by atoms with E-state index in [-0.39, 0.29) is 12.3 Å². The second kappa shape index (κ2) is 5.85. The van der Waals surface area contributed by atoms with Crippen molar-refractivity contribution in [1.82, 2.24) is 9.78 Å². The predicted octanol–water partition coefficient (Wildman–Crippen LogP) is 3.52. The number of carbonyl (C=O) groups is 1. The molecule has 0 unspecified atom stereocenters. The molecule has 0 aliphatic rings. The van der Waals surface area contributed by atoms with Crippen LogP contribution in [0.1, 0.15) is 17.0 Å². The van der Waals surface area contributed by atoms with Crippen LogP contribution in [0.4, 0.5) is 5.69 Å². The van der Waals surface area contributed by atoms with Gasteiger partial charge in [-0.05, 0) is 32.0 Å². The van der Waals surface area contributed by atoms with Crippen LogP contribution in [0.25, 0.3) is 0 Å². The number of rotatable bonds is 3. The molecule has 1 amide bonds. The molecule has 0 saturated carbocycles. The van der Waals surface area contributed by atoms with E-state index in [1.165, 1.54) is 0 Å². The van der Waals surface area contributed by atoms with Crippen LogP contribution in [0.15, 0.2) is 18.2 Å². The maximum Gasteiger partial charge on any atom is 0.228 e. The third kappa shape index (κ3) is 3.14. The van der Waals surface area contributed by atoms with Crippen molar-refractivity contribution in [2.45, 2.75) is 20.3 Å². The number of halogens is 2. The summed E-state index contributed by atoms with van der Waals surface area (Å²) in [5.74, 6) is -0.109. The highest BCUT2D eigenvalue weighted by atomic mass is 35.5. The van der Waals surface area contributed by atoms with Crippen LogP contribution in [0.2, 0.25) is 10.0 Å². The van der Waals surface area contributed by atoms with Crippen LogP contribution < -0.4 is 5.32 Å². The molecule has 20 heavy (non-hydrogen) atoms. The first-order valence-electron chi connectivity index (χ1n) is 6.12. The van der Waals surface area contributed by atoms with Crippen molar-refractivity contribution in [1.29, 1.82) is 0 Å². The van der Waals surface area contributed by atoms with E-state index < -0.39 is 0 Å². The van der Waals surface area contributed by atoms with Crippen molar-refractivity contribution in [3.63, 3.8) is 0 Å². The summed E-state index contributed by atoms with van der Waals surface area (Å²) in [5, 5.41) is 7.97. The molecule has 1 aromatic heterocycles. The summed E-state index contributed by atoms with van der Waals surface area (Å²) >= 11 is 11.8. The smallest absolute Gasteiger partial charge is 0.228 e. The van der Waals surface area contributed by atoms with Crippen molar-refractivity contribution in [3.8, 4) is 0 Å². The zero-order valence-corrected chi connectivity index (χ0v) is 13.0. The molecule has 0 aliphatic carbocycles. The largest absolute Gasteiger partial charge is 0.326 e. The lowest BCUT2D eigenvalue weighted by Gasteiger charge is -2.07. The monoisotopic (exact) mass is 311 g/mol. The summed E-state index contributed by atoms with van der Waals surface area (Å²) < 4.78 is 1.77. The summed E-state index contributed by atoms with van der Waals surface area (Å²) in [6.45, 7) is 3.84. The summed E-state index contributed by atoms with van der Waals surface area (Å²) in [6, 6.07) is 5.00. The van der Waals surface area contributed by atoms with Crippen molar-refractivity contribution in [3.05, 3.63) is 45.2 Å². The van der Waals surface area contributed by atoms with E-state index in [0.717, 1.165) is 17.0 Å². The first kappa shape index (κ1) is 14.9. The fourth-order valence-electron chi connectivity index (χ4n) is 2.01. The van der Waals surface area contributed by atoms with Crippen LogP contribution in [0, 0.1) is 13.8 Å². The molecule has 1 heterocycles. The van der Waals surface area contributed by atoms with Crippen LogP contribution in [0.3, 0.4) is 0 Å². The minimum absolute atomic E-state index is 0.109. The second-order valence-electron chi connectivity index (χ2n) is 4.63. The van der Waals surface area contributed by atoms with E-state index in [0.29, 0.717) is 15.7 Å². The Balaban J connectivity index is 2.11. The Bertz CT molecular complexity index is 665. The van der Waals surface area contributed by atoms with Crippen molar-refractivity contribution < 1.29 is 4.79 Å². The number of benzene rings is 1. The second-order valence-corrected chi connectivity index (χ2v) is 5.44.